The monoisotopic (exact) mass is 226 g/mol. The molecule has 3 aliphatic rings. The van der Waals surface area contributed by atoms with Crippen LogP contribution in [0.4, 0.5) is 0 Å². The summed E-state index contributed by atoms with van der Waals surface area (Å²) in [4.78, 5) is 0. The molecule has 1 atom stereocenters. The van der Waals surface area contributed by atoms with Gasteiger partial charge in [0, 0.05) is 31.7 Å². The van der Waals surface area contributed by atoms with Gasteiger partial charge >= 0.3 is 0 Å². The highest BCUT2D eigenvalue weighted by atomic mass is 16.5. The van der Waals surface area contributed by atoms with Crippen LogP contribution >= 0.6 is 0 Å². The van der Waals surface area contributed by atoms with Crippen molar-refractivity contribution in [3.63, 3.8) is 0 Å². The van der Waals surface area contributed by atoms with Crippen LogP contribution in [0, 0.1) is 5.41 Å². The Balaban J connectivity index is 1.61. The zero-order chi connectivity index (χ0) is 10.9. The van der Waals surface area contributed by atoms with Crippen molar-refractivity contribution in [1.82, 2.24) is 10.6 Å². The lowest BCUT2D eigenvalue weighted by molar-refractivity contribution is -0.172. The van der Waals surface area contributed by atoms with Crippen LogP contribution in [0.25, 0.3) is 0 Å². The summed E-state index contributed by atoms with van der Waals surface area (Å²) < 4.78 is 11.6. The Bertz CT molecular complexity index is 207. The van der Waals surface area contributed by atoms with Crippen LogP contribution in [-0.4, -0.2) is 45.2 Å². The van der Waals surface area contributed by atoms with Crippen LogP contribution in [0.5, 0.6) is 0 Å². The van der Waals surface area contributed by atoms with E-state index in [2.05, 4.69) is 10.6 Å². The van der Waals surface area contributed by atoms with E-state index < -0.39 is 0 Å². The highest BCUT2D eigenvalue weighted by Crippen LogP contribution is 2.36. The van der Waals surface area contributed by atoms with Gasteiger partial charge < -0.3 is 14.8 Å². The standard InChI is InChI=1S/C12H22N2O2/c1-2-12(9-13-5-1)14-8-11(10-16-12)3-6-15-7-4-11/h13-14H,1-10H2. The molecule has 4 heteroatoms. The normalized spacial score (nSPS) is 39.0. The van der Waals surface area contributed by atoms with Gasteiger partial charge in [-0.25, -0.2) is 0 Å². The molecule has 0 aromatic heterocycles. The Kier molecular flexibility index (Phi) is 2.92. The Hall–Kier alpha value is -0.160. The maximum absolute atomic E-state index is 6.17. The van der Waals surface area contributed by atoms with Gasteiger partial charge in [-0.15, -0.1) is 0 Å². The zero-order valence-electron chi connectivity index (χ0n) is 9.89. The lowest BCUT2D eigenvalue weighted by Crippen LogP contribution is -2.65. The number of piperidine rings is 1. The molecular formula is C12H22N2O2. The fraction of sp³-hybridized carbons (Fsp3) is 1.00. The summed E-state index contributed by atoms with van der Waals surface area (Å²) in [7, 11) is 0. The SMILES string of the molecule is C1CNCC2(C1)NCC1(CCOCC1)CO2. The van der Waals surface area contributed by atoms with Gasteiger partial charge in [0.2, 0.25) is 0 Å². The summed E-state index contributed by atoms with van der Waals surface area (Å²) in [6.45, 7) is 5.89. The molecule has 0 aromatic carbocycles. The first-order valence-electron chi connectivity index (χ1n) is 6.50. The molecule has 2 spiro atoms. The third-order valence-corrected chi connectivity index (χ3v) is 4.34. The van der Waals surface area contributed by atoms with E-state index >= 15 is 0 Å². The van der Waals surface area contributed by atoms with Crippen LogP contribution < -0.4 is 10.6 Å². The third kappa shape index (κ3) is 1.99. The van der Waals surface area contributed by atoms with E-state index in [-0.39, 0.29) is 5.72 Å². The molecule has 3 aliphatic heterocycles. The molecule has 0 aliphatic carbocycles. The van der Waals surface area contributed by atoms with E-state index in [4.69, 9.17) is 9.47 Å². The molecule has 0 aromatic rings. The first-order valence-corrected chi connectivity index (χ1v) is 6.50. The number of ether oxygens (including phenoxy) is 2. The van der Waals surface area contributed by atoms with E-state index in [0.29, 0.717) is 5.41 Å². The van der Waals surface area contributed by atoms with E-state index in [1.165, 1.54) is 6.42 Å². The van der Waals surface area contributed by atoms with Gasteiger partial charge in [-0.05, 0) is 32.2 Å². The number of hydrogen-bond donors (Lipinski definition) is 2. The molecule has 0 saturated carbocycles. The molecular weight excluding hydrogens is 204 g/mol. The molecule has 3 fully saturated rings. The van der Waals surface area contributed by atoms with Gasteiger partial charge in [-0.3, -0.25) is 5.32 Å². The van der Waals surface area contributed by atoms with Gasteiger partial charge in [0.1, 0.15) is 5.72 Å². The molecule has 4 nitrogen and oxygen atoms in total. The highest BCUT2D eigenvalue weighted by Gasteiger charge is 2.44. The number of rotatable bonds is 0. The quantitative estimate of drug-likeness (QED) is 0.630. The van der Waals surface area contributed by atoms with Gasteiger partial charge in [0.05, 0.1) is 6.61 Å². The fourth-order valence-electron chi connectivity index (χ4n) is 3.02. The molecule has 3 heterocycles. The van der Waals surface area contributed by atoms with Gasteiger partial charge in [-0.1, -0.05) is 0 Å². The maximum atomic E-state index is 6.17. The van der Waals surface area contributed by atoms with Crippen LogP contribution in [-0.2, 0) is 9.47 Å². The molecule has 92 valence electrons. The van der Waals surface area contributed by atoms with Crippen molar-refractivity contribution in [2.24, 2.45) is 5.41 Å². The molecule has 3 saturated heterocycles. The molecule has 2 N–H and O–H groups in total. The average molecular weight is 226 g/mol. The van der Waals surface area contributed by atoms with Crippen molar-refractivity contribution in [3.8, 4) is 0 Å². The van der Waals surface area contributed by atoms with Crippen LogP contribution in [0.15, 0.2) is 0 Å². The molecule has 1 unspecified atom stereocenters. The average Bonchev–Trinajstić information content (AvgIpc) is 2.36. The molecule has 0 amide bonds. The van der Waals surface area contributed by atoms with E-state index in [9.17, 15) is 0 Å². The Morgan fingerprint density at radius 2 is 1.88 bits per heavy atom. The van der Waals surface area contributed by atoms with Crippen molar-refractivity contribution in [1.29, 1.82) is 0 Å². The van der Waals surface area contributed by atoms with Crippen molar-refractivity contribution >= 4 is 0 Å². The Morgan fingerprint density at radius 3 is 2.50 bits per heavy atom. The van der Waals surface area contributed by atoms with E-state index in [1.54, 1.807) is 0 Å². The number of nitrogens with one attached hydrogen (secondary N) is 2. The summed E-state index contributed by atoms with van der Waals surface area (Å²) in [5.41, 5.74) is 0.281. The van der Waals surface area contributed by atoms with Crippen molar-refractivity contribution in [2.75, 3.05) is 39.5 Å². The van der Waals surface area contributed by atoms with E-state index in [0.717, 1.165) is 58.7 Å². The summed E-state index contributed by atoms with van der Waals surface area (Å²) in [5.74, 6) is 0. The van der Waals surface area contributed by atoms with E-state index in [1.807, 2.05) is 0 Å². The lowest BCUT2D eigenvalue weighted by atomic mass is 9.79. The van der Waals surface area contributed by atoms with Gasteiger partial charge in [-0.2, -0.15) is 0 Å². The maximum Gasteiger partial charge on any atom is 0.131 e. The second-order valence-electron chi connectivity index (χ2n) is 5.53. The number of hydrogen-bond acceptors (Lipinski definition) is 4. The molecule has 3 rings (SSSR count). The van der Waals surface area contributed by atoms with Crippen molar-refractivity contribution in [3.05, 3.63) is 0 Å². The second kappa shape index (κ2) is 4.26. The first kappa shape index (κ1) is 11.0. The zero-order valence-corrected chi connectivity index (χ0v) is 9.89. The Morgan fingerprint density at radius 1 is 1.00 bits per heavy atom. The highest BCUT2D eigenvalue weighted by molar-refractivity contribution is 4.95. The minimum atomic E-state index is -0.0677. The summed E-state index contributed by atoms with van der Waals surface area (Å²) >= 11 is 0. The largest absolute Gasteiger partial charge is 0.381 e. The smallest absolute Gasteiger partial charge is 0.131 e. The molecule has 0 bridgehead atoms. The summed E-state index contributed by atoms with van der Waals surface area (Å²) in [6, 6.07) is 0. The first-order chi connectivity index (χ1) is 7.83. The lowest BCUT2D eigenvalue weighted by Gasteiger charge is -2.50. The molecule has 16 heavy (non-hydrogen) atoms. The topological polar surface area (TPSA) is 42.5 Å². The minimum absolute atomic E-state index is 0.0677. The van der Waals surface area contributed by atoms with Gasteiger partial charge in [0.25, 0.3) is 0 Å². The van der Waals surface area contributed by atoms with Crippen LogP contribution in [0.1, 0.15) is 25.7 Å². The van der Waals surface area contributed by atoms with Crippen LogP contribution in [0.2, 0.25) is 0 Å². The second-order valence-corrected chi connectivity index (χ2v) is 5.53. The summed E-state index contributed by atoms with van der Waals surface area (Å²) in [5, 5.41) is 7.08. The van der Waals surface area contributed by atoms with Crippen LogP contribution in [0.3, 0.4) is 0 Å². The molecule has 0 radical (unpaired) electrons. The summed E-state index contributed by atoms with van der Waals surface area (Å²) in [6.07, 6.45) is 4.64. The van der Waals surface area contributed by atoms with Crippen molar-refractivity contribution < 1.29 is 9.47 Å². The van der Waals surface area contributed by atoms with Crippen molar-refractivity contribution in [2.45, 2.75) is 31.4 Å². The minimum Gasteiger partial charge on any atom is -0.381 e. The predicted octanol–water partition coefficient (Wildman–Crippen LogP) is 0.483. The van der Waals surface area contributed by atoms with Gasteiger partial charge in [0.15, 0.2) is 0 Å². The Labute approximate surface area is 97.1 Å². The third-order valence-electron chi connectivity index (χ3n) is 4.34. The predicted molar refractivity (Wildman–Crippen MR) is 61.3 cm³/mol. The fourth-order valence-corrected chi connectivity index (χ4v) is 3.02.